The Balaban J connectivity index is 1.56. The number of rotatable bonds is 5. The minimum Gasteiger partial charge on any atom is -0.394 e. The summed E-state index contributed by atoms with van der Waals surface area (Å²) in [5.74, 6) is -2.63. The molecule has 2 fully saturated rings. The van der Waals surface area contributed by atoms with Gasteiger partial charge in [0.15, 0.2) is 0 Å². The molecule has 42 heavy (non-hydrogen) atoms. The third-order valence-electron chi connectivity index (χ3n) is 9.45. The number of hydrogen-bond donors (Lipinski definition) is 1. The fourth-order valence-electron chi connectivity index (χ4n) is 7.51. The summed E-state index contributed by atoms with van der Waals surface area (Å²) in [6.45, 7) is 8.17. The zero-order valence-electron chi connectivity index (χ0n) is 24.6. The van der Waals surface area contributed by atoms with Crippen LogP contribution >= 0.6 is 0 Å². The normalized spacial score (nSPS) is 31.5. The van der Waals surface area contributed by atoms with Gasteiger partial charge in [-0.25, -0.2) is 0 Å². The average Bonchev–Trinajstić information content (AvgIpc) is 3.26. The predicted octanol–water partition coefficient (Wildman–Crippen LogP) is 3.88. The summed E-state index contributed by atoms with van der Waals surface area (Å²) in [6, 6.07) is 16.8. The largest absolute Gasteiger partial charge is 0.394 e. The summed E-state index contributed by atoms with van der Waals surface area (Å²) in [7, 11) is 0. The minimum absolute atomic E-state index is 0.207. The molecule has 0 saturated carbocycles. The van der Waals surface area contributed by atoms with Crippen LogP contribution in [0.25, 0.3) is 0 Å². The van der Waals surface area contributed by atoms with Crippen molar-refractivity contribution in [2.45, 2.75) is 62.9 Å². The van der Waals surface area contributed by atoms with Gasteiger partial charge < -0.3 is 24.5 Å². The molecule has 0 radical (unpaired) electrons. The first-order valence-corrected chi connectivity index (χ1v) is 14.8. The lowest BCUT2D eigenvalue weighted by molar-refractivity contribution is -0.158. The van der Waals surface area contributed by atoms with Crippen LogP contribution in [-0.4, -0.2) is 75.1 Å². The molecule has 1 N–H and O–H groups in total. The number of ether oxygens (including phenoxy) is 1. The monoisotopic (exact) mass is 569 g/mol. The summed E-state index contributed by atoms with van der Waals surface area (Å²) in [5.41, 5.74) is -1.55. The Labute approximate surface area is 247 Å². The summed E-state index contributed by atoms with van der Waals surface area (Å²) in [4.78, 5) is 49.2. The molecule has 3 amide bonds. The number of carbonyl (C=O) groups is 3. The summed E-state index contributed by atoms with van der Waals surface area (Å²) < 4.78 is 7.08. The fraction of sp³-hybridized carbons (Fsp3) is 0.441. The molecule has 2 aromatic rings. The third-order valence-corrected chi connectivity index (χ3v) is 9.45. The molecule has 1 unspecified atom stereocenters. The van der Waals surface area contributed by atoms with E-state index in [1.165, 1.54) is 4.90 Å². The van der Waals surface area contributed by atoms with E-state index in [4.69, 9.17) is 4.74 Å². The van der Waals surface area contributed by atoms with E-state index in [-0.39, 0.29) is 24.3 Å². The first-order chi connectivity index (χ1) is 20.1. The highest BCUT2D eigenvalue weighted by Gasteiger charge is 2.76. The van der Waals surface area contributed by atoms with E-state index < -0.39 is 40.7 Å². The van der Waals surface area contributed by atoms with Crippen molar-refractivity contribution in [1.82, 2.24) is 9.80 Å². The van der Waals surface area contributed by atoms with E-state index in [0.29, 0.717) is 25.1 Å². The quantitative estimate of drug-likeness (QED) is 0.552. The Morgan fingerprint density at radius 2 is 1.52 bits per heavy atom. The highest BCUT2D eigenvalue weighted by molar-refractivity contribution is 6.04. The molecule has 0 aromatic heterocycles. The standard InChI is InChI=1S/C34H39N3O5/c1-5-33-18-12-20-35(24-16-10-7-11-17-24)29(39)26(33)27-30(40)37(25(22-38)23-14-8-6-9-15-23)28-31(41)36(32(2,3)4)21-13-19-34(27,28)42-33/h6-19,25-28,38H,5,20-22H2,1-4H3/t25-,26+,27+,28?,33-,34+/m1/s1. The van der Waals surface area contributed by atoms with Crippen LogP contribution in [0.15, 0.2) is 85.0 Å². The fourth-order valence-corrected chi connectivity index (χ4v) is 7.51. The number of para-hydroxylation sites is 1. The summed E-state index contributed by atoms with van der Waals surface area (Å²) in [6.07, 6.45) is 8.09. The molecule has 4 heterocycles. The van der Waals surface area contributed by atoms with E-state index >= 15 is 0 Å². The average molecular weight is 570 g/mol. The molecule has 220 valence electrons. The number of carbonyl (C=O) groups excluding carboxylic acids is 3. The van der Waals surface area contributed by atoms with Gasteiger partial charge >= 0.3 is 0 Å². The maximum Gasteiger partial charge on any atom is 0.249 e. The maximum atomic E-state index is 14.9. The van der Waals surface area contributed by atoms with Gasteiger partial charge in [-0.1, -0.05) is 79.8 Å². The highest BCUT2D eigenvalue weighted by atomic mass is 16.5. The SMILES string of the molecule is CC[C@@]12C=CCN(c3ccccc3)C(=O)[C@@H]1[C@H]1C(=O)N([C@H](CO)c3ccccc3)C3C(=O)N(C(C)(C)C)CC=C[C@@]31O2. The van der Waals surface area contributed by atoms with E-state index in [2.05, 4.69) is 0 Å². The topological polar surface area (TPSA) is 90.4 Å². The van der Waals surface area contributed by atoms with Crippen molar-refractivity contribution in [3.05, 3.63) is 90.5 Å². The zero-order valence-corrected chi connectivity index (χ0v) is 24.6. The van der Waals surface area contributed by atoms with Crippen molar-refractivity contribution in [2.24, 2.45) is 11.8 Å². The highest BCUT2D eigenvalue weighted by Crippen LogP contribution is 2.60. The van der Waals surface area contributed by atoms with Crippen molar-refractivity contribution < 1.29 is 24.2 Å². The van der Waals surface area contributed by atoms with E-state index in [1.807, 2.05) is 113 Å². The van der Waals surface area contributed by atoms with E-state index in [9.17, 15) is 19.5 Å². The first-order valence-electron chi connectivity index (χ1n) is 14.8. The van der Waals surface area contributed by atoms with Crippen LogP contribution in [0.2, 0.25) is 0 Å². The smallest absolute Gasteiger partial charge is 0.249 e. The van der Waals surface area contributed by atoms with Crippen molar-refractivity contribution in [1.29, 1.82) is 0 Å². The number of anilines is 1. The molecule has 4 aliphatic heterocycles. The molecule has 6 rings (SSSR count). The lowest BCUT2D eigenvalue weighted by Crippen LogP contribution is -2.59. The van der Waals surface area contributed by atoms with Crippen molar-refractivity contribution in [3.8, 4) is 0 Å². The Bertz CT molecular complexity index is 1430. The second kappa shape index (κ2) is 10.2. The summed E-state index contributed by atoms with van der Waals surface area (Å²) >= 11 is 0. The van der Waals surface area contributed by atoms with Crippen molar-refractivity contribution >= 4 is 23.4 Å². The molecule has 0 aliphatic carbocycles. The Morgan fingerprint density at radius 1 is 0.881 bits per heavy atom. The molecule has 8 heteroatoms. The van der Waals surface area contributed by atoms with Crippen LogP contribution in [0.1, 0.15) is 45.7 Å². The van der Waals surface area contributed by atoms with Crippen LogP contribution in [0.4, 0.5) is 5.69 Å². The number of nitrogens with zero attached hydrogens (tertiary/aromatic N) is 3. The maximum absolute atomic E-state index is 14.9. The van der Waals surface area contributed by atoms with Gasteiger partial charge in [-0.15, -0.1) is 0 Å². The van der Waals surface area contributed by atoms with Crippen LogP contribution in [0, 0.1) is 11.8 Å². The number of amides is 3. The first kappa shape index (κ1) is 28.4. The van der Waals surface area contributed by atoms with Crippen molar-refractivity contribution in [3.63, 3.8) is 0 Å². The van der Waals surface area contributed by atoms with E-state index in [1.54, 1.807) is 9.80 Å². The van der Waals surface area contributed by atoms with Gasteiger partial charge in [-0.3, -0.25) is 14.4 Å². The number of fused-ring (bicyclic) bond motifs is 2. The molecular formula is C34H39N3O5. The number of aliphatic hydroxyl groups excluding tert-OH is 1. The zero-order chi connectivity index (χ0) is 29.9. The second-order valence-corrected chi connectivity index (χ2v) is 12.7. The predicted molar refractivity (Wildman–Crippen MR) is 159 cm³/mol. The van der Waals surface area contributed by atoms with E-state index in [0.717, 1.165) is 5.69 Å². The Morgan fingerprint density at radius 3 is 2.14 bits per heavy atom. The number of likely N-dealkylation sites (tertiary alicyclic amines) is 1. The van der Waals surface area contributed by atoms with Crippen LogP contribution in [0.3, 0.4) is 0 Å². The van der Waals surface area contributed by atoms with Gasteiger partial charge in [0.05, 0.1) is 30.1 Å². The molecular weight excluding hydrogens is 530 g/mol. The summed E-state index contributed by atoms with van der Waals surface area (Å²) in [5, 5.41) is 10.7. The van der Waals surface area contributed by atoms with Crippen LogP contribution in [0.5, 0.6) is 0 Å². The lowest BCUT2D eigenvalue weighted by atomic mass is 9.73. The van der Waals surface area contributed by atoms with Crippen molar-refractivity contribution in [2.75, 3.05) is 24.6 Å². The minimum atomic E-state index is -1.39. The number of hydrogen-bond acceptors (Lipinski definition) is 5. The Kier molecular flexibility index (Phi) is 6.90. The molecule has 6 atom stereocenters. The van der Waals surface area contributed by atoms with Crippen LogP contribution in [-0.2, 0) is 19.1 Å². The number of aliphatic hydroxyl groups is 1. The molecule has 8 nitrogen and oxygen atoms in total. The van der Waals surface area contributed by atoms with Gasteiger partial charge in [0.2, 0.25) is 17.7 Å². The Hall–Kier alpha value is -3.75. The molecule has 4 aliphatic rings. The molecule has 0 bridgehead atoms. The van der Waals surface area contributed by atoms with Crippen LogP contribution < -0.4 is 4.90 Å². The van der Waals surface area contributed by atoms with Gasteiger partial charge in [0.25, 0.3) is 0 Å². The van der Waals surface area contributed by atoms with Gasteiger partial charge in [-0.05, 0) is 44.9 Å². The van der Waals surface area contributed by atoms with Gasteiger partial charge in [-0.2, -0.15) is 0 Å². The van der Waals surface area contributed by atoms with Gasteiger partial charge in [0.1, 0.15) is 11.6 Å². The third kappa shape index (κ3) is 4.07. The number of benzene rings is 2. The molecule has 2 saturated heterocycles. The molecule has 2 aromatic carbocycles. The second-order valence-electron chi connectivity index (χ2n) is 12.7. The lowest BCUT2D eigenvalue weighted by Gasteiger charge is -2.43. The molecule has 1 spiro atoms. The van der Waals surface area contributed by atoms with Gasteiger partial charge in [0, 0.05) is 24.3 Å².